The number of hydrogen-bond donors (Lipinski definition) is 4. The first-order valence-corrected chi connectivity index (χ1v) is 7.91. The summed E-state index contributed by atoms with van der Waals surface area (Å²) in [6.45, 7) is -0.426. The summed E-state index contributed by atoms with van der Waals surface area (Å²) < 4.78 is 20.7. The molecule has 26 heavy (non-hydrogen) atoms. The lowest BCUT2D eigenvalue weighted by Gasteiger charge is -2.34. The van der Waals surface area contributed by atoms with Gasteiger partial charge in [-0.1, -0.05) is 0 Å². The molecule has 11 nitrogen and oxygen atoms in total. The molecule has 0 saturated carbocycles. The molecule has 1 aliphatic heterocycles. The topological polar surface area (TPSA) is 152 Å². The number of ether oxygens (including phenoxy) is 1. The molecule has 3 heterocycles. The Bertz CT molecular complexity index is 789. The number of aromatic nitrogens is 4. The van der Waals surface area contributed by atoms with E-state index >= 15 is 0 Å². The maximum atomic E-state index is 13.7. The summed E-state index contributed by atoms with van der Waals surface area (Å²) in [5.74, 6) is -0.169. The zero-order chi connectivity index (χ0) is 19.1. The van der Waals surface area contributed by atoms with E-state index in [0.29, 0.717) is 0 Å². The van der Waals surface area contributed by atoms with Crippen molar-refractivity contribution in [2.24, 2.45) is 0 Å². The van der Waals surface area contributed by atoms with Crippen molar-refractivity contribution in [2.45, 2.75) is 30.5 Å². The first-order valence-electron chi connectivity index (χ1n) is 7.91. The minimum atomic E-state index is -1.59. The van der Waals surface area contributed by atoms with Crippen LogP contribution in [-0.2, 0) is 15.3 Å². The van der Waals surface area contributed by atoms with E-state index in [1.807, 2.05) is 0 Å². The molecule has 0 aliphatic carbocycles. The molecule has 0 amide bonds. The molecule has 12 heteroatoms. The highest BCUT2D eigenvalue weighted by Gasteiger charge is 2.55. The minimum Gasteiger partial charge on any atom is -0.394 e. The monoisotopic (exact) mass is 372 g/mol. The number of imidazole rings is 1. The first-order chi connectivity index (χ1) is 12.3. The van der Waals surface area contributed by atoms with Gasteiger partial charge in [0.25, 0.3) is 0 Å². The van der Waals surface area contributed by atoms with Crippen molar-refractivity contribution < 1.29 is 29.3 Å². The van der Waals surface area contributed by atoms with Crippen molar-refractivity contribution in [3.8, 4) is 0 Å². The lowest BCUT2D eigenvalue weighted by atomic mass is 9.99. The van der Waals surface area contributed by atoms with Crippen molar-refractivity contribution in [3.63, 3.8) is 0 Å². The van der Waals surface area contributed by atoms with Gasteiger partial charge < -0.3 is 25.8 Å². The van der Waals surface area contributed by atoms with Gasteiger partial charge in [0, 0.05) is 20.5 Å². The molecule has 2 aromatic rings. The molecular weight excluding hydrogens is 351 g/mol. The standard InChI is InChI=1S/C14H21FN6O5/c1-20(2)25-4-3-14(10(24)9(23)7(5-22)26-14)21-6-17-8-11(16)18-13(15)19-12(8)21/h6-7,9-10,22-24H,3-5H2,1-2H3,(H2,16,18,19)/t7-,9-,10-,14?/m1/s1. The van der Waals surface area contributed by atoms with Gasteiger partial charge in [-0.05, 0) is 0 Å². The maximum absolute atomic E-state index is 13.7. The van der Waals surface area contributed by atoms with Crippen LogP contribution in [0.3, 0.4) is 0 Å². The number of halogens is 1. The molecular formula is C14H21FN6O5. The Morgan fingerprint density at radius 1 is 1.42 bits per heavy atom. The molecule has 3 rings (SSSR count). The van der Waals surface area contributed by atoms with E-state index in [0.717, 1.165) is 0 Å². The Morgan fingerprint density at radius 2 is 2.15 bits per heavy atom. The van der Waals surface area contributed by atoms with Crippen molar-refractivity contribution >= 4 is 17.0 Å². The number of anilines is 1. The first kappa shape index (κ1) is 18.8. The number of nitrogens with zero attached hydrogens (tertiary/aromatic N) is 5. The average molecular weight is 372 g/mol. The summed E-state index contributed by atoms with van der Waals surface area (Å²) in [5, 5.41) is 31.8. The third-order valence-electron chi connectivity index (χ3n) is 4.32. The van der Waals surface area contributed by atoms with Gasteiger partial charge in [0.1, 0.15) is 18.3 Å². The quantitative estimate of drug-likeness (QED) is 0.337. The van der Waals surface area contributed by atoms with Crippen LogP contribution in [-0.4, -0.2) is 85.5 Å². The predicted octanol–water partition coefficient (Wildman–Crippen LogP) is -1.80. The summed E-state index contributed by atoms with van der Waals surface area (Å²) in [7, 11) is 3.36. The van der Waals surface area contributed by atoms with E-state index in [-0.39, 0.29) is 30.0 Å². The number of rotatable bonds is 6. The molecule has 1 unspecified atom stereocenters. The van der Waals surface area contributed by atoms with Crippen LogP contribution in [0.5, 0.6) is 0 Å². The van der Waals surface area contributed by atoms with Crippen molar-refractivity contribution in [2.75, 3.05) is 33.0 Å². The Kier molecular flexibility index (Phi) is 5.05. The molecule has 0 radical (unpaired) electrons. The van der Waals surface area contributed by atoms with Crippen LogP contribution in [0.15, 0.2) is 6.33 Å². The Morgan fingerprint density at radius 3 is 2.77 bits per heavy atom. The summed E-state index contributed by atoms with van der Waals surface area (Å²) >= 11 is 0. The second-order valence-electron chi connectivity index (χ2n) is 6.18. The van der Waals surface area contributed by atoms with E-state index in [2.05, 4.69) is 15.0 Å². The fraction of sp³-hybridized carbons (Fsp3) is 0.643. The number of hydrogen-bond acceptors (Lipinski definition) is 10. The smallest absolute Gasteiger partial charge is 0.312 e. The highest BCUT2D eigenvalue weighted by Crippen LogP contribution is 2.40. The van der Waals surface area contributed by atoms with Gasteiger partial charge in [-0.2, -0.15) is 19.4 Å². The Balaban J connectivity index is 2.10. The zero-order valence-corrected chi connectivity index (χ0v) is 14.3. The average Bonchev–Trinajstić information content (AvgIpc) is 3.10. The fourth-order valence-corrected chi connectivity index (χ4v) is 3.09. The minimum absolute atomic E-state index is 0.00954. The van der Waals surface area contributed by atoms with Gasteiger partial charge in [-0.15, -0.1) is 0 Å². The van der Waals surface area contributed by atoms with Crippen LogP contribution >= 0.6 is 0 Å². The normalized spacial score (nSPS) is 29.1. The number of aliphatic hydroxyl groups excluding tert-OH is 3. The Hall–Kier alpha value is -1.96. The number of nitrogens with two attached hydrogens (primary N) is 1. The van der Waals surface area contributed by atoms with E-state index in [1.165, 1.54) is 16.0 Å². The number of nitrogen functional groups attached to an aromatic ring is 1. The summed E-state index contributed by atoms with van der Waals surface area (Å²) in [4.78, 5) is 16.5. The third kappa shape index (κ3) is 3.00. The molecule has 144 valence electrons. The predicted molar refractivity (Wildman–Crippen MR) is 85.9 cm³/mol. The van der Waals surface area contributed by atoms with Crippen molar-refractivity contribution in [1.82, 2.24) is 24.6 Å². The molecule has 2 aromatic heterocycles. The maximum Gasteiger partial charge on any atom is 0.312 e. The molecule has 1 saturated heterocycles. The van der Waals surface area contributed by atoms with E-state index in [1.54, 1.807) is 14.1 Å². The number of aliphatic hydroxyl groups is 3. The molecule has 1 fully saturated rings. The van der Waals surface area contributed by atoms with Crippen molar-refractivity contribution in [1.29, 1.82) is 0 Å². The van der Waals surface area contributed by atoms with Gasteiger partial charge in [0.15, 0.2) is 22.7 Å². The largest absolute Gasteiger partial charge is 0.394 e. The van der Waals surface area contributed by atoms with Gasteiger partial charge in [0.2, 0.25) is 0 Å². The molecule has 0 aromatic carbocycles. The number of hydroxylamine groups is 2. The van der Waals surface area contributed by atoms with E-state index in [9.17, 15) is 19.7 Å². The van der Waals surface area contributed by atoms with Crippen LogP contribution in [0.4, 0.5) is 10.2 Å². The third-order valence-corrected chi connectivity index (χ3v) is 4.32. The summed E-state index contributed by atoms with van der Waals surface area (Å²) in [6.07, 6.45) is -3.63. The van der Waals surface area contributed by atoms with Crippen LogP contribution in [0.25, 0.3) is 11.2 Å². The second kappa shape index (κ2) is 6.98. The van der Waals surface area contributed by atoms with Crippen LogP contribution in [0, 0.1) is 6.08 Å². The lowest BCUT2D eigenvalue weighted by Crippen LogP contribution is -2.46. The van der Waals surface area contributed by atoms with Crippen LogP contribution < -0.4 is 5.73 Å². The SMILES string of the molecule is CN(C)OCCC1(n2cnc3c(N)nc(F)nc32)O[C@H](CO)[C@@H](O)[C@H]1O. The molecule has 0 spiro atoms. The second-order valence-corrected chi connectivity index (χ2v) is 6.18. The van der Waals surface area contributed by atoms with Gasteiger partial charge in [-0.3, -0.25) is 9.40 Å². The van der Waals surface area contributed by atoms with Crippen molar-refractivity contribution in [3.05, 3.63) is 12.4 Å². The highest BCUT2D eigenvalue weighted by atomic mass is 19.1. The fourth-order valence-electron chi connectivity index (χ4n) is 3.09. The zero-order valence-electron chi connectivity index (χ0n) is 14.3. The molecule has 0 bridgehead atoms. The van der Waals surface area contributed by atoms with Gasteiger partial charge >= 0.3 is 6.08 Å². The van der Waals surface area contributed by atoms with Gasteiger partial charge in [-0.25, -0.2) is 4.98 Å². The van der Waals surface area contributed by atoms with E-state index < -0.39 is 36.7 Å². The summed E-state index contributed by atoms with van der Waals surface area (Å²) in [6, 6.07) is 0. The highest BCUT2D eigenvalue weighted by molar-refractivity contribution is 5.81. The number of fused-ring (bicyclic) bond motifs is 1. The molecule has 5 N–H and O–H groups in total. The summed E-state index contributed by atoms with van der Waals surface area (Å²) in [5.41, 5.74) is 4.20. The van der Waals surface area contributed by atoms with Crippen LogP contribution in [0.1, 0.15) is 6.42 Å². The Labute approximate surface area is 147 Å². The van der Waals surface area contributed by atoms with Gasteiger partial charge in [0.05, 0.1) is 19.5 Å². The van der Waals surface area contributed by atoms with E-state index in [4.69, 9.17) is 15.3 Å². The van der Waals surface area contributed by atoms with Crippen LogP contribution in [0.2, 0.25) is 0 Å². The molecule has 4 atom stereocenters. The molecule has 1 aliphatic rings. The lowest BCUT2D eigenvalue weighted by molar-refractivity contribution is -0.185.